The molecule has 29 heavy (non-hydrogen) atoms. The molecule has 0 spiro atoms. The minimum Gasteiger partial charge on any atom is -0.351 e. The molecule has 10 heteroatoms. The van der Waals surface area contributed by atoms with Gasteiger partial charge in [0.15, 0.2) is 0 Å². The lowest BCUT2D eigenvalue weighted by Gasteiger charge is -2.15. The third-order valence-electron chi connectivity index (χ3n) is 4.24. The van der Waals surface area contributed by atoms with Gasteiger partial charge in [0, 0.05) is 25.2 Å². The van der Waals surface area contributed by atoms with Crippen molar-refractivity contribution in [2.24, 2.45) is 5.92 Å². The van der Waals surface area contributed by atoms with Crippen LogP contribution in [-0.2, 0) is 10.0 Å². The molecule has 3 amide bonds. The Hall–Kier alpha value is -2.56. The van der Waals surface area contributed by atoms with E-state index in [1.807, 2.05) is 13.8 Å². The first-order chi connectivity index (χ1) is 13.7. The standard InChI is InChI=1S/C19H21N3O5S2/c1-12(2)11-22-18(24)14-6-5-13(10-15(14)19(22)25)17(23)20-7-8-21-29(26,27)16-4-3-9-28-16/h3-6,9-10,12,21H,7-8,11H2,1-2H3,(H,20,23). The van der Waals surface area contributed by atoms with Crippen LogP contribution in [0.2, 0.25) is 0 Å². The number of hydrogen-bond donors (Lipinski definition) is 2. The van der Waals surface area contributed by atoms with Gasteiger partial charge in [-0.05, 0) is 35.6 Å². The molecule has 0 radical (unpaired) electrons. The van der Waals surface area contributed by atoms with E-state index < -0.39 is 21.8 Å². The Morgan fingerprint density at radius 3 is 2.48 bits per heavy atom. The summed E-state index contributed by atoms with van der Waals surface area (Å²) in [6.07, 6.45) is 0. The average molecular weight is 436 g/mol. The zero-order chi connectivity index (χ0) is 21.2. The third-order valence-corrected chi connectivity index (χ3v) is 7.10. The number of imide groups is 1. The summed E-state index contributed by atoms with van der Waals surface area (Å²) in [4.78, 5) is 38.4. The molecular weight excluding hydrogens is 414 g/mol. The summed E-state index contributed by atoms with van der Waals surface area (Å²) in [6.45, 7) is 4.24. The molecule has 0 fully saturated rings. The summed E-state index contributed by atoms with van der Waals surface area (Å²) >= 11 is 1.11. The molecule has 1 aromatic carbocycles. The Morgan fingerprint density at radius 2 is 1.83 bits per heavy atom. The van der Waals surface area contributed by atoms with Crippen molar-refractivity contribution in [1.82, 2.24) is 14.9 Å². The number of hydrogen-bond acceptors (Lipinski definition) is 6. The Balaban J connectivity index is 1.60. The van der Waals surface area contributed by atoms with Gasteiger partial charge in [-0.1, -0.05) is 19.9 Å². The van der Waals surface area contributed by atoms with Gasteiger partial charge in [0.25, 0.3) is 17.7 Å². The second-order valence-electron chi connectivity index (χ2n) is 6.96. The first-order valence-corrected chi connectivity index (χ1v) is 11.4. The number of rotatable bonds is 8. The zero-order valence-corrected chi connectivity index (χ0v) is 17.6. The van der Waals surface area contributed by atoms with Crippen LogP contribution in [0.15, 0.2) is 39.9 Å². The predicted molar refractivity (Wildman–Crippen MR) is 108 cm³/mol. The van der Waals surface area contributed by atoms with Crippen LogP contribution in [0.1, 0.15) is 44.9 Å². The van der Waals surface area contributed by atoms with Gasteiger partial charge in [-0.2, -0.15) is 0 Å². The molecule has 2 aromatic rings. The van der Waals surface area contributed by atoms with Crippen LogP contribution in [0.25, 0.3) is 0 Å². The van der Waals surface area contributed by atoms with Crippen molar-refractivity contribution in [3.8, 4) is 0 Å². The van der Waals surface area contributed by atoms with Crippen molar-refractivity contribution >= 4 is 39.1 Å². The van der Waals surface area contributed by atoms with Crippen molar-refractivity contribution in [1.29, 1.82) is 0 Å². The first kappa shape index (κ1) is 21.2. The maximum Gasteiger partial charge on any atom is 0.261 e. The Morgan fingerprint density at radius 1 is 1.10 bits per heavy atom. The average Bonchev–Trinajstić information content (AvgIpc) is 3.29. The fourth-order valence-electron chi connectivity index (χ4n) is 2.91. The molecule has 3 rings (SSSR count). The van der Waals surface area contributed by atoms with Gasteiger partial charge in [0.05, 0.1) is 11.1 Å². The number of carbonyl (C=O) groups is 3. The molecule has 1 aliphatic heterocycles. The number of thiophene rings is 1. The summed E-state index contributed by atoms with van der Waals surface area (Å²) in [5.41, 5.74) is 0.731. The lowest BCUT2D eigenvalue weighted by molar-refractivity contribution is 0.0636. The van der Waals surface area contributed by atoms with Gasteiger partial charge in [-0.25, -0.2) is 13.1 Å². The molecule has 0 saturated heterocycles. The Labute approximate surface area is 173 Å². The summed E-state index contributed by atoms with van der Waals surface area (Å²) < 4.78 is 26.7. The maximum atomic E-state index is 12.5. The van der Waals surface area contributed by atoms with Crippen LogP contribution in [0.5, 0.6) is 0 Å². The summed E-state index contributed by atoms with van der Waals surface area (Å²) in [6, 6.07) is 7.50. The molecule has 0 aliphatic carbocycles. The van der Waals surface area contributed by atoms with Crippen molar-refractivity contribution in [2.75, 3.05) is 19.6 Å². The number of amides is 3. The lowest BCUT2D eigenvalue weighted by Crippen LogP contribution is -2.34. The quantitative estimate of drug-likeness (QED) is 0.484. The number of fused-ring (bicyclic) bond motifs is 1. The van der Waals surface area contributed by atoms with Crippen molar-refractivity contribution in [3.63, 3.8) is 0 Å². The largest absolute Gasteiger partial charge is 0.351 e. The van der Waals surface area contributed by atoms with Crippen molar-refractivity contribution in [3.05, 3.63) is 52.4 Å². The van der Waals surface area contributed by atoms with E-state index >= 15 is 0 Å². The summed E-state index contributed by atoms with van der Waals surface area (Å²) in [5, 5.41) is 4.27. The highest BCUT2D eigenvalue weighted by Crippen LogP contribution is 2.25. The fraction of sp³-hybridized carbons (Fsp3) is 0.316. The van der Waals surface area contributed by atoms with E-state index in [-0.39, 0.29) is 45.8 Å². The van der Waals surface area contributed by atoms with Crippen LogP contribution >= 0.6 is 11.3 Å². The normalized spacial score (nSPS) is 13.8. The molecule has 0 unspecified atom stereocenters. The van der Waals surface area contributed by atoms with E-state index in [2.05, 4.69) is 10.0 Å². The van der Waals surface area contributed by atoms with E-state index in [0.29, 0.717) is 6.54 Å². The number of sulfonamides is 1. The molecular formula is C19H21N3O5S2. The third kappa shape index (κ3) is 4.55. The molecule has 154 valence electrons. The maximum absolute atomic E-state index is 12.5. The van der Waals surface area contributed by atoms with E-state index in [4.69, 9.17) is 0 Å². The predicted octanol–water partition coefficient (Wildman–Crippen LogP) is 1.71. The Bertz CT molecular complexity index is 1050. The van der Waals surface area contributed by atoms with Gasteiger partial charge in [-0.3, -0.25) is 19.3 Å². The minimum atomic E-state index is -3.59. The van der Waals surface area contributed by atoms with Crippen LogP contribution < -0.4 is 10.0 Å². The molecule has 0 saturated carbocycles. The molecule has 8 nitrogen and oxygen atoms in total. The highest BCUT2D eigenvalue weighted by atomic mass is 32.2. The van der Waals surface area contributed by atoms with Crippen LogP contribution in [0.4, 0.5) is 0 Å². The topological polar surface area (TPSA) is 113 Å². The minimum absolute atomic E-state index is 0.0243. The molecule has 2 heterocycles. The summed E-state index contributed by atoms with van der Waals surface area (Å²) in [7, 11) is -3.59. The van der Waals surface area contributed by atoms with Crippen molar-refractivity contribution in [2.45, 2.75) is 18.1 Å². The highest BCUT2D eigenvalue weighted by Gasteiger charge is 2.36. The molecule has 2 N–H and O–H groups in total. The molecule has 0 atom stereocenters. The lowest BCUT2D eigenvalue weighted by atomic mass is 10.1. The van der Waals surface area contributed by atoms with Crippen LogP contribution in [0, 0.1) is 5.92 Å². The second-order valence-corrected chi connectivity index (χ2v) is 9.90. The van der Waals surface area contributed by atoms with Gasteiger partial charge in [0.1, 0.15) is 4.21 Å². The van der Waals surface area contributed by atoms with E-state index in [1.54, 1.807) is 11.4 Å². The van der Waals surface area contributed by atoms with Gasteiger partial charge < -0.3 is 5.32 Å². The first-order valence-electron chi connectivity index (χ1n) is 9.02. The fourth-order valence-corrected chi connectivity index (χ4v) is 4.98. The Kier molecular flexibility index (Phi) is 6.15. The SMILES string of the molecule is CC(C)CN1C(=O)c2ccc(C(=O)NCCNS(=O)(=O)c3cccs3)cc2C1=O. The summed E-state index contributed by atoms with van der Waals surface area (Å²) in [5.74, 6) is -1.07. The van der Waals surface area contributed by atoms with Gasteiger partial charge >= 0.3 is 0 Å². The van der Waals surface area contributed by atoms with Crippen molar-refractivity contribution < 1.29 is 22.8 Å². The molecule has 0 bridgehead atoms. The zero-order valence-electron chi connectivity index (χ0n) is 16.0. The van der Waals surface area contributed by atoms with Crippen LogP contribution in [0.3, 0.4) is 0 Å². The number of carbonyl (C=O) groups excluding carboxylic acids is 3. The van der Waals surface area contributed by atoms with E-state index in [0.717, 1.165) is 11.3 Å². The monoisotopic (exact) mass is 435 g/mol. The van der Waals surface area contributed by atoms with E-state index in [9.17, 15) is 22.8 Å². The van der Waals surface area contributed by atoms with Gasteiger partial charge in [-0.15, -0.1) is 11.3 Å². The molecule has 1 aliphatic rings. The van der Waals surface area contributed by atoms with E-state index in [1.165, 1.54) is 29.2 Å². The second kappa shape index (κ2) is 8.44. The highest BCUT2D eigenvalue weighted by molar-refractivity contribution is 7.91. The smallest absolute Gasteiger partial charge is 0.261 e. The number of nitrogens with one attached hydrogen (secondary N) is 2. The number of benzene rings is 1. The number of nitrogens with zero attached hydrogens (tertiary/aromatic N) is 1. The molecule has 1 aromatic heterocycles. The van der Waals surface area contributed by atoms with Gasteiger partial charge in [0.2, 0.25) is 10.0 Å². The van der Waals surface area contributed by atoms with Crippen LogP contribution in [-0.4, -0.2) is 50.7 Å².